The molecule has 2 N–H and O–H groups in total. The minimum Gasteiger partial charge on any atom is -0.396 e. The van der Waals surface area contributed by atoms with Crippen LogP contribution in [0, 0.1) is 6.92 Å². The smallest absolute Gasteiger partial charge is 0.182 e. The van der Waals surface area contributed by atoms with Gasteiger partial charge in [0, 0.05) is 17.1 Å². The van der Waals surface area contributed by atoms with E-state index in [1.54, 1.807) is 6.07 Å². The molecule has 18 heavy (non-hydrogen) atoms. The lowest BCUT2D eigenvalue weighted by molar-refractivity contribution is 0.282. The molecule has 0 bridgehead atoms. The van der Waals surface area contributed by atoms with Crippen molar-refractivity contribution < 1.29 is 13.5 Å². The largest absolute Gasteiger partial charge is 0.396 e. The number of anilines is 1. The van der Waals surface area contributed by atoms with Crippen molar-refractivity contribution in [2.24, 2.45) is 0 Å². The summed E-state index contributed by atoms with van der Waals surface area (Å²) < 4.78 is 25.2. The Hall–Kier alpha value is -0.590. The van der Waals surface area contributed by atoms with E-state index in [0.29, 0.717) is 23.4 Å². The molecule has 0 amide bonds. The molecule has 1 atom stereocenters. The molecular formula is C12H16BrNO3S. The summed E-state index contributed by atoms with van der Waals surface area (Å²) in [5, 5.41) is 12.1. The molecule has 1 aliphatic heterocycles. The highest BCUT2D eigenvalue weighted by molar-refractivity contribution is 9.10. The highest BCUT2D eigenvalue weighted by Gasteiger charge is 2.31. The zero-order chi connectivity index (χ0) is 13.3. The molecule has 100 valence electrons. The number of sulfone groups is 1. The van der Waals surface area contributed by atoms with E-state index in [-0.39, 0.29) is 18.4 Å². The highest BCUT2D eigenvalue weighted by Crippen LogP contribution is 2.36. The van der Waals surface area contributed by atoms with Crippen molar-refractivity contribution in [3.63, 3.8) is 0 Å². The van der Waals surface area contributed by atoms with Crippen LogP contribution in [0.1, 0.15) is 18.4 Å². The summed E-state index contributed by atoms with van der Waals surface area (Å²) >= 11 is 3.40. The van der Waals surface area contributed by atoms with E-state index >= 15 is 0 Å². The lowest BCUT2D eigenvalue weighted by atomic mass is 10.1. The molecule has 1 unspecified atom stereocenters. The van der Waals surface area contributed by atoms with E-state index in [1.807, 2.05) is 13.0 Å². The van der Waals surface area contributed by atoms with Gasteiger partial charge >= 0.3 is 0 Å². The summed E-state index contributed by atoms with van der Waals surface area (Å²) in [7, 11) is -3.24. The Morgan fingerprint density at radius 1 is 1.50 bits per heavy atom. The van der Waals surface area contributed by atoms with Crippen molar-refractivity contribution in [3.8, 4) is 0 Å². The molecule has 0 aromatic heterocycles. The Bertz CT molecular complexity index is 557. The van der Waals surface area contributed by atoms with Gasteiger partial charge in [0.15, 0.2) is 9.84 Å². The second-order valence-electron chi connectivity index (χ2n) is 4.61. The monoisotopic (exact) mass is 333 g/mol. The fourth-order valence-electron chi connectivity index (χ4n) is 2.19. The van der Waals surface area contributed by atoms with Crippen LogP contribution in [-0.2, 0) is 9.84 Å². The molecule has 6 heteroatoms. The van der Waals surface area contributed by atoms with Gasteiger partial charge in [-0.05, 0) is 53.4 Å². The van der Waals surface area contributed by atoms with E-state index in [1.165, 1.54) is 0 Å². The summed E-state index contributed by atoms with van der Waals surface area (Å²) in [6.45, 7) is 1.96. The first-order valence-electron chi connectivity index (χ1n) is 5.84. The summed E-state index contributed by atoms with van der Waals surface area (Å²) in [6.07, 6.45) is 1.25. The first-order chi connectivity index (χ1) is 8.44. The fraction of sp³-hybridized carbons (Fsp3) is 0.500. The summed E-state index contributed by atoms with van der Waals surface area (Å²) in [4.78, 5) is 0.370. The number of rotatable bonds is 3. The van der Waals surface area contributed by atoms with Crippen LogP contribution in [0.2, 0.25) is 0 Å². The minimum atomic E-state index is -3.24. The van der Waals surface area contributed by atoms with Crippen LogP contribution in [0.5, 0.6) is 0 Å². The van der Waals surface area contributed by atoms with Crippen LogP contribution < -0.4 is 5.32 Å². The van der Waals surface area contributed by atoms with Gasteiger partial charge in [0.2, 0.25) is 0 Å². The number of aliphatic hydroxyl groups excluding tert-OH is 1. The molecule has 1 aliphatic rings. The molecule has 1 heterocycles. The number of hydrogen-bond donors (Lipinski definition) is 2. The topological polar surface area (TPSA) is 66.4 Å². The third-order valence-electron chi connectivity index (χ3n) is 3.01. The van der Waals surface area contributed by atoms with Crippen molar-refractivity contribution in [1.29, 1.82) is 0 Å². The van der Waals surface area contributed by atoms with Crippen molar-refractivity contribution in [2.45, 2.75) is 30.7 Å². The van der Waals surface area contributed by atoms with Gasteiger partial charge in [-0.1, -0.05) is 0 Å². The lowest BCUT2D eigenvalue weighted by Gasteiger charge is -2.28. The highest BCUT2D eigenvalue weighted by atomic mass is 79.9. The van der Waals surface area contributed by atoms with E-state index in [4.69, 9.17) is 5.11 Å². The molecule has 0 saturated carbocycles. The normalized spacial score (nSPS) is 21.2. The summed E-state index contributed by atoms with van der Waals surface area (Å²) in [6, 6.07) is 3.47. The van der Waals surface area contributed by atoms with Crippen molar-refractivity contribution in [1.82, 2.24) is 0 Å². The van der Waals surface area contributed by atoms with Gasteiger partial charge in [-0.2, -0.15) is 0 Å². The molecule has 2 rings (SSSR count). The molecule has 4 nitrogen and oxygen atoms in total. The van der Waals surface area contributed by atoms with Crippen molar-refractivity contribution in [2.75, 3.05) is 17.7 Å². The maximum atomic E-state index is 12.2. The second-order valence-corrected chi connectivity index (χ2v) is 7.47. The van der Waals surface area contributed by atoms with E-state index < -0.39 is 9.84 Å². The molecule has 0 radical (unpaired) electrons. The van der Waals surface area contributed by atoms with Gasteiger partial charge in [0.05, 0.1) is 16.3 Å². The average molecular weight is 334 g/mol. The number of aryl methyl sites for hydroxylation is 1. The first kappa shape index (κ1) is 13.8. The van der Waals surface area contributed by atoms with Gasteiger partial charge < -0.3 is 10.4 Å². The Balaban J connectivity index is 2.41. The zero-order valence-electron chi connectivity index (χ0n) is 10.1. The third-order valence-corrected chi connectivity index (χ3v) is 5.47. The van der Waals surface area contributed by atoms with Crippen LogP contribution in [0.15, 0.2) is 21.5 Å². The molecule has 0 aliphatic carbocycles. The van der Waals surface area contributed by atoms with E-state index in [0.717, 1.165) is 10.0 Å². The van der Waals surface area contributed by atoms with Crippen LogP contribution >= 0.6 is 15.9 Å². The zero-order valence-corrected chi connectivity index (χ0v) is 12.5. The SMILES string of the molecule is Cc1cc(Br)c2c(c1)S(=O)(=O)CC(CCCO)N2. The number of benzene rings is 1. The van der Waals surface area contributed by atoms with Gasteiger partial charge in [0.1, 0.15) is 0 Å². The number of nitrogens with one attached hydrogen (secondary N) is 1. The number of halogens is 1. The second kappa shape index (κ2) is 5.19. The predicted molar refractivity (Wildman–Crippen MR) is 74.7 cm³/mol. The molecule has 1 aromatic rings. The van der Waals surface area contributed by atoms with Crippen molar-refractivity contribution in [3.05, 3.63) is 22.2 Å². The van der Waals surface area contributed by atoms with Crippen molar-refractivity contribution >= 4 is 31.5 Å². The van der Waals surface area contributed by atoms with Gasteiger partial charge in [0.25, 0.3) is 0 Å². The van der Waals surface area contributed by atoms with Crippen LogP contribution in [0.4, 0.5) is 5.69 Å². The van der Waals surface area contributed by atoms with Gasteiger partial charge in [-0.15, -0.1) is 0 Å². The van der Waals surface area contributed by atoms with E-state index in [2.05, 4.69) is 21.2 Å². The fourth-order valence-corrected chi connectivity index (χ4v) is 4.81. The number of hydrogen-bond acceptors (Lipinski definition) is 4. The Kier molecular flexibility index (Phi) is 3.99. The number of aliphatic hydroxyl groups is 1. The van der Waals surface area contributed by atoms with Crippen LogP contribution in [0.3, 0.4) is 0 Å². The molecule has 0 fully saturated rings. The standard InChI is InChI=1S/C12H16BrNO3S/c1-8-5-10(13)12-11(6-8)18(16,17)7-9(14-12)3-2-4-15/h5-6,9,14-15H,2-4,7H2,1H3. The van der Waals surface area contributed by atoms with E-state index in [9.17, 15) is 8.42 Å². The van der Waals surface area contributed by atoms with Crippen LogP contribution in [-0.4, -0.2) is 31.9 Å². The average Bonchev–Trinajstić information content (AvgIpc) is 2.27. The Morgan fingerprint density at radius 3 is 2.89 bits per heavy atom. The molecule has 0 spiro atoms. The van der Waals surface area contributed by atoms with Gasteiger partial charge in [-0.25, -0.2) is 8.42 Å². The first-order valence-corrected chi connectivity index (χ1v) is 8.29. The molecule has 1 aromatic carbocycles. The van der Waals surface area contributed by atoms with Gasteiger partial charge in [-0.3, -0.25) is 0 Å². The predicted octanol–water partition coefficient (Wildman–Crippen LogP) is 2.10. The molecule has 0 saturated heterocycles. The summed E-state index contributed by atoms with van der Waals surface area (Å²) in [5.74, 6) is 0.0931. The maximum absolute atomic E-state index is 12.2. The van der Waals surface area contributed by atoms with Crippen LogP contribution in [0.25, 0.3) is 0 Å². The lowest BCUT2D eigenvalue weighted by Crippen LogP contribution is -2.34. The molecular weight excluding hydrogens is 318 g/mol. The maximum Gasteiger partial charge on any atom is 0.182 e. The quantitative estimate of drug-likeness (QED) is 0.888. The Labute approximate surface area is 115 Å². The third kappa shape index (κ3) is 2.70. The minimum absolute atomic E-state index is 0.0835. The Morgan fingerprint density at radius 2 is 2.22 bits per heavy atom. The number of fused-ring (bicyclic) bond motifs is 1. The summed E-state index contributed by atoms with van der Waals surface area (Å²) in [5.41, 5.74) is 1.56.